The van der Waals surface area contributed by atoms with Gasteiger partial charge in [-0.1, -0.05) is 113 Å². The molecule has 17 heteroatoms. The second-order valence-electron chi connectivity index (χ2n) is 19.2. The first-order valence-electron chi connectivity index (χ1n) is 25.5. The zero-order valence-corrected chi connectivity index (χ0v) is 46.8. The maximum atomic E-state index is 13.5. The van der Waals surface area contributed by atoms with E-state index in [2.05, 4.69) is 58.4 Å². The van der Waals surface area contributed by atoms with Gasteiger partial charge in [0.15, 0.2) is 11.4 Å². The molecule has 16 nitrogen and oxygen atoms in total. The van der Waals surface area contributed by atoms with E-state index in [9.17, 15) is 39.3 Å². The highest BCUT2D eigenvalue weighted by molar-refractivity contribution is 8.03. The van der Waals surface area contributed by atoms with Crippen LogP contribution in [0.25, 0.3) is 6.08 Å². The Labute approximate surface area is 480 Å². The molecule has 1 aliphatic heterocycles. The van der Waals surface area contributed by atoms with E-state index in [4.69, 9.17) is 33.2 Å². The summed E-state index contributed by atoms with van der Waals surface area (Å²) in [5.74, 6) is -4.37. The summed E-state index contributed by atoms with van der Waals surface area (Å²) in [6, 6.07) is 29.4. The van der Waals surface area contributed by atoms with Crippen LogP contribution in [0.3, 0.4) is 0 Å². The van der Waals surface area contributed by atoms with E-state index < -0.39 is 41.4 Å². The van der Waals surface area contributed by atoms with Crippen LogP contribution in [0.5, 0.6) is 23.0 Å². The van der Waals surface area contributed by atoms with Crippen molar-refractivity contribution in [2.45, 2.75) is 46.1 Å². The number of allylic oxidation sites excluding steroid dienone is 7. The lowest BCUT2D eigenvalue weighted by atomic mass is 9.74. The van der Waals surface area contributed by atoms with Crippen LogP contribution >= 0.6 is 11.8 Å². The molecule has 418 valence electrons. The molecule has 0 fully saturated rings. The van der Waals surface area contributed by atoms with Gasteiger partial charge in [-0.2, -0.15) is 10.5 Å². The number of carbonyl (C=O) groups excluding carboxylic acids is 6. The van der Waals surface area contributed by atoms with Gasteiger partial charge in [0.05, 0.1) is 29.3 Å². The van der Waals surface area contributed by atoms with Crippen molar-refractivity contribution in [2.75, 3.05) is 37.5 Å². The molecule has 0 radical (unpaired) electrons. The SMILES string of the molecule is C=CC(=O)Oc1cc(OC(=O)C=C)cc(C(=O)OCCSC2=C(/C=C/c3ccc(N(C)CCOC(=O)c4cc(OC(=O)C=C)cc(OC(=O)C=C)c4)cc3)CC(C)(C)C/C2=C\C=C\C2=C(C#N)C(=C(\C)C#N)/OC2(C)c2ccccc2)c1. The van der Waals surface area contributed by atoms with Crippen LogP contribution in [0.15, 0.2) is 204 Å². The molecule has 0 saturated heterocycles. The van der Waals surface area contributed by atoms with E-state index in [1.807, 2.05) is 97.8 Å². The topological polar surface area (TPSA) is 218 Å². The van der Waals surface area contributed by atoms with Gasteiger partial charge >= 0.3 is 35.8 Å². The number of esters is 6. The Bertz CT molecular complexity index is 3410. The van der Waals surface area contributed by atoms with Crippen molar-refractivity contribution >= 4 is 59.3 Å². The number of hydrogen-bond donors (Lipinski definition) is 0. The molecule has 1 heterocycles. The minimum absolute atomic E-state index is 0.0183. The second-order valence-corrected chi connectivity index (χ2v) is 20.3. The van der Waals surface area contributed by atoms with Gasteiger partial charge in [0, 0.05) is 65.4 Å². The molecule has 0 bridgehead atoms. The highest BCUT2D eigenvalue weighted by atomic mass is 32.2. The molecule has 1 atom stereocenters. The molecule has 4 aromatic carbocycles. The summed E-state index contributed by atoms with van der Waals surface area (Å²) in [6.45, 7) is 21.6. The van der Waals surface area contributed by atoms with Gasteiger partial charge in [0.25, 0.3) is 0 Å². The molecule has 0 N–H and O–H groups in total. The number of thioether (sulfide) groups is 1. The average Bonchev–Trinajstić information content (AvgIpc) is 2.90. The van der Waals surface area contributed by atoms with Gasteiger partial charge in [-0.05, 0) is 90.8 Å². The van der Waals surface area contributed by atoms with Crippen LogP contribution in [-0.4, -0.2) is 68.4 Å². The van der Waals surface area contributed by atoms with Crippen LogP contribution in [0, 0.1) is 28.1 Å². The van der Waals surface area contributed by atoms with Gasteiger partial charge < -0.3 is 38.1 Å². The molecule has 6 rings (SSSR count). The van der Waals surface area contributed by atoms with Gasteiger partial charge in [0.1, 0.15) is 47.9 Å². The Morgan fingerprint density at radius 2 is 1.20 bits per heavy atom. The van der Waals surface area contributed by atoms with Gasteiger partial charge in [-0.3, -0.25) is 0 Å². The minimum Gasteiger partial charge on any atom is -0.476 e. The maximum absolute atomic E-state index is 13.5. The third-order valence-electron chi connectivity index (χ3n) is 12.5. The Kier molecular flexibility index (Phi) is 21.1. The van der Waals surface area contributed by atoms with E-state index in [1.54, 1.807) is 6.92 Å². The lowest BCUT2D eigenvalue weighted by Crippen LogP contribution is -2.24. The van der Waals surface area contributed by atoms with E-state index in [1.165, 1.54) is 48.2 Å². The number of nitriles is 2. The highest BCUT2D eigenvalue weighted by Gasteiger charge is 2.43. The summed E-state index contributed by atoms with van der Waals surface area (Å²) in [6.07, 6.45) is 15.0. The van der Waals surface area contributed by atoms with Crippen LogP contribution in [0.2, 0.25) is 0 Å². The molecule has 0 amide bonds. The molecule has 2 aliphatic rings. The van der Waals surface area contributed by atoms with Gasteiger partial charge in [-0.25, -0.2) is 28.8 Å². The minimum atomic E-state index is -1.08. The summed E-state index contributed by atoms with van der Waals surface area (Å²) in [7, 11) is 1.84. The zero-order chi connectivity index (χ0) is 59.6. The number of ether oxygens (including phenoxy) is 7. The van der Waals surface area contributed by atoms with Crippen LogP contribution in [0.4, 0.5) is 5.69 Å². The van der Waals surface area contributed by atoms with Crippen molar-refractivity contribution in [1.82, 2.24) is 0 Å². The van der Waals surface area contributed by atoms with Gasteiger partial charge in [-0.15, -0.1) is 11.8 Å². The predicted molar refractivity (Wildman–Crippen MR) is 311 cm³/mol. The first-order valence-corrected chi connectivity index (χ1v) is 26.5. The number of anilines is 1. The second kappa shape index (κ2) is 28.3. The van der Waals surface area contributed by atoms with Crippen molar-refractivity contribution in [2.24, 2.45) is 5.41 Å². The first kappa shape index (κ1) is 61.2. The molecular weight excluding hydrogens is 1060 g/mol. The molecule has 0 aromatic heterocycles. The number of nitrogens with zero attached hydrogens (tertiary/aromatic N) is 3. The van der Waals surface area contributed by atoms with Crippen LogP contribution in [-0.2, 0) is 39.0 Å². The first-order chi connectivity index (χ1) is 39.2. The monoisotopic (exact) mass is 1120 g/mol. The Morgan fingerprint density at radius 1 is 0.683 bits per heavy atom. The summed E-state index contributed by atoms with van der Waals surface area (Å²) < 4.78 is 38.5. The Balaban J connectivity index is 1.26. The van der Waals surface area contributed by atoms with E-state index in [0.717, 1.165) is 57.2 Å². The summed E-state index contributed by atoms with van der Waals surface area (Å²) >= 11 is 1.50. The summed E-state index contributed by atoms with van der Waals surface area (Å²) in [5, 5.41) is 20.4. The number of hydrogen-bond acceptors (Lipinski definition) is 17. The van der Waals surface area contributed by atoms with E-state index in [-0.39, 0.29) is 69.7 Å². The largest absolute Gasteiger partial charge is 0.476 e. The molecule has 1 aliphatic carbocycles. The van der Waals surface area contributed by atoms with Crippen molar-refractivity contribution in [3.05, 3.63) is 227 Å². The van der Waals surface area contributed by atoms with Crippen LogP contribution in [0.1, 0.15) is 72.4 Å². The smallest absolute Gasteiger partial charge is 0.338 e. The number of rotatable bonds is 23. The molecule has 82 heavy (non-hydrogen) atoms. The molecule has 1 unspecified atom stereocenters. The summed E-state index contributed by atoms with van der Waals surface area (Å²) in [4.78, 5) is 77.4. The quantitative estimate of drug-likeness (QED) is 0.0222. The number of benzene rings is 4. The normalized spacial score (nSPS) is 16.5. The standard InChI is InChI=1S/C65H59N3O13S/c1-10-56(69)77-50-32-46(33-51(36-50)78-57(70)11-2)62(73)75-29-28-68(9)49-26-23-43(24-27-49)22-25-45-39-64(6,7)38-44(18-17-21-55-54(41-67)60(42(5)40-66)81-65(55,8)48-19-15-14-16-20-48)61(45)82-31-30-76-63(74)47-34-52(79-58(71)12-3)37-53(35-47)80-59(72)13-4/h10-27,32-37H,1-4,28-31,38-39H2,5-9H3/b21-17+,25-22+,44-18+,60-42-. The van der Waals surface area contributed by atoms with Crippen LogP contribution < -0.4 is 23.8 Å². The predicted octanol–water partition coefficient (Wildman–Crippen LogP) is 12.1. The third kappa shape index (κ3) is 16.3. The fourth-order valence-corrected chi connectivity index (χ4v) is 9.64. The van der Waals surface area contributed by atoms with Crippen molar-refractivity contribution in [3.63, 3.8) is 0 Å². The fraction of sp³-hybridized carbons (Fsp3) is 0.200. The zero-order valence-electron chi connectivity index (χ0n) is 46.0. The number of carbonyl (C=O) groups is 6. The highest BCUT2D eigenvalue weighted by Crippen LogP contribution is 2.49. The fourth-order valence-electron chi connectivity index (χ4n) is 8.62. The lowest BCUT2D eigenvalue weighted by Gasteiger charge is -2.34. The Hall–Kier alpha value is -9.97. The average molecular weight is 1120 g/mol. The van der Waals surface area contributed by atoms with Crippen molar-refractivity contribution in [3.8, 4) is 35.1 Å². The molecular formula is C65H59N3O13S. The third-order valence-corrected chi connectivity index (χ3v) is 13.7. The van der Waals surface area contributed by atoms with E-state index in [0.29, 0.717) is 30.7 Å². The molecule has 4 aromatic rings. The summed E-state index contributed by atoms with van der Waals surface area (Å²) in [5.41, 5.74) is 4.28. The van der Waals surface area contributed by atoms with Gasteiger partial charge in [0.2, 0.25) is 0 Å². The maximum Gasteiger partial charge on any atom is 0.338 e. The molecule has 0 spiro atoms. The Morgan fingerprint density at radius 3 is 1.68 bits per heavy atom. The lowest BCUT2D eigenvalue weighted by molar-refractivity contribution is -0.130. The van der Waals surface area contributed by atoms with Crippen molar-refractivity contribution < 1.29 is 61.9 Å². The van der Waals surface area contributed by atoms with Crippen molar-refractivity contribution in [1.29, 1.82) is 10.5 Å². The number of likely N-dealkylation sites (N-methyl/N-ethyl adjacent to an activating group) is 1. The molecule has 0 saturated carbocycles. The van der Waals surface area contributed by atoms with E-state index >= 15 is 0 Å².